The molecule has 0 saturated carbocycles. The largest absolute Gasteiger partial charge is 0.381 e. The summed E-state index contributed by atoms with van der Waals surface area (Å²) in [6.45, 7) is 8.99. The summed E-state index contributed by atoms with van der Waals surface area (Å²) in [4.78, 5) is 11.5. The molecule has 0 spiro atoms. The monoisotopic (exact) mass is 170 g/mol. The number of rotatable bonds is 2. The van der Waals surface area contributed by atoms with E-state index in [1.54, 1.807) is 13.0 Å². The van der Waals surface area contributed by atoms with Crippen molar-refractivity contribution in [2.24, 2.45) is 5.41 Å². The lowest BCUT2D eigenvalue weighted by Crippen LogP contribution is -2.33. The van der Waals surface area contributed by atoms with Crippen LogP contribution in [-0.4, -0.2) is 17.0 Å². The number of aliphatic hydroxyl groups is 1. The Labute approximate surface area is 74.3 Å². The van der Waals surface area contributed by atoms with E-state index in [4.69, 9.17) is 0 Å². The van der Waals surface area contributed by atoms with Gasteiger partial charge in [0.05, 0.1) is 0 Å². The summed E-state index contributed by atoms with van der Waals surface area (Å²) in [5.74, 6) is -0.127. The molecule has 0 aromatic heterocycles. The van der Waals surface area contributed by atoms with Gasteiger partial charge in [0.2, 0.25) is 0 Å². The maximum atomic E-state index is 11.5. The van der Waals surface area contributed by atoms with Crippen molar-refractivity contribution in [1.29, 1.82) is 0 Å². The van der Waals surface area contributed by atoms with E-state index in [9.17, 15) is 9.90 Å². The Balaban J connectivity index is 4.52. The van der Waals surface area contributed by atoms with Gasteiger partial charge in [-0.2, -0.15) is 0 Å². The predicted molar refractivity (Wildman–Crippen MR) is 49.9 cm³/mol. The van der Waals surface area contributed by atoms with Crippen LogP contribution >= 0.6 is 0 Å². The maximum Gasteiger partial charge on any atom is 0.170 e. The van der Waals surface area contributed by atoms with Gasteiger partial charge >= 0.3 is 0 Å². The second-order valence-corrected chi connectivity index (χ2v) is 4.05. The number of hydrogen-bond acceptors (Lipinski definition) is 2. The Hall–Kier alpha value is -0.630. The summed E-state index contributed by atoms with van der Waals surface area (Å²) in [5.41, 5.74) is 0.249. The summed E-state index contributed by atoms with van der Waals surface area (Å²) in [7, 11) is 0. The normalized spacial score (nSPS) is 16.0. The Morgan fingerprint density at radius 1 is 1.42 bits per heavy atom. The molecule has 0 aliphatic rings. The summed E-state index contributed by atoms with van der Waals surface area (Å²) in [5, 5.41) is 9.50. The van der Waals surface area contributed by atoms with Gasteiger partial charge in [-0.1, -0.05) is 26.8 Å². The molecule has 0 aromatic carbocycles. The molecular weight excluding hydrogens is 152 g/mol. The number of hydrogen-bond donors (Lipinski definition) is 1. The summed E-state index contributed by atoms with van der Waals surface area (Å²) >= 11 is 0. The lowest BCUT2D eigenvalue weighted by atomic mass is 9.85. The van der Waals surface area contributed by atoms with Crippen LogP contribution in [0.15, 0.2) is 11.6 Å². The third-order valence-electron chi connectivity index (χ3n) is 1.87. The fourth-order valence-electron chi connectivity index (χ4n) is 0.775. The predicted octanol–water partition coefficient (Wildman–Crippen LogP) is 1.93. The van der Waals surface area contributed by atoms with Gasteiger partial charge < -0.3 is 5.11 Å². The second-order valence-electron chi connectivity index (χ2n) is 4.05. The van der Waals surface area contributed by atoms with Gasteiger partial charge in [-0.05, 0) is 19.4 Å². The molecule has 0 bridgehead atoms. The van der Waals surface area contributed by atoms with Gasteiger partial charge in [0.15, 0.2) is 5.78 Å². The van der Waals surface area contributed by atoms with Crippen molar-refractivity contribution in [1.82, 2.24) is 0 Å². The van der Waals surface area contributed by atoms with Gasteiger partial charge in [0.25, 0.3) is 0 Å². The summed E-state index contributed by atoms with van der Waals surface area (Å²) in [6.07, 6.45) is 0.823. The molecule has 1 N–H and O–H groups in total. The minimum Gasteiger partial charge on any atom is -0.381 e. The van der Waals surface area contributed by atoms with E-state index in [1.165, 1.54) is 0 Å². The molecule has 70 valence electrons. The molecule has 0 radical (unpaired) electrons. The standard InChI is InChI=1S/C10H18O2/c1-6-7(2)8(11)9(12)10(3,4)5/h6,8,11H,1-5H3/b7-6-. The first-order chi connectivity index (χ1) is 5.30. The highest BCUT2D eigenvalue weighted by molar-refractivity contribution is 5.90. The van der Waals surface area contributed by atoms with Crippen molar-refractivity contribution in [2.45, 2.75) is 40.7 Å². The van der Waals surface area contributed by atoms with Crippen LogP contribution in [-0.2, 0) is 4.79 Å². The lowest BCUT2D eigenvalue weighted by Gasteiger charge is -2.21. The van der Waals surface area contributed by atoms with Crippen molar-refractivity contribution in [3.8, 4) is 0 Å². The molecule has 0 heterocycles. The SMILES string of the molecule is C/C=C(/C)C(O)C(=O)C(C)(C)C. The smallest absolute Gasteiger partial charge is 0.170 e. The molecule has 0 saturated heterocycles. The van der Waals surface area contributed by atoms with Crippen LogP contribution in [0.2, 0.25) is 0 Å². The molecule has 0 amide bonds. The number of allylic oxidation sites excluding steroid dienone is 1. The number of carbonyl (C=O) groups is 1. The third kappa shape index (κ3) is 2.78. The maximum absolute atomic E-state index is 11.5. The highest BCUT2D eigenvalue weighted by Crippen LogP contribution is 2.19. The molecule has 1 atom stereocenters. The molecule has 2 nitrogen and oxygen atoms in total. The average Bonchev–Trinajstić information content (AvgIpc) is 1.98. The van der Waals surface area contributed by atoms with E-state index < -0.39 is 11.5 Å². The van der Waals surface area contributed by atoms with Crippen LogP contribution in [0.25, 0.3) is 0 Å². The first-order valence-electron chi connectivity index (χ1n) is 4.16. The molecule has 1 unspecified atom stereocenters. The van der Waals surface area contributed by atoms with E-state index in [-0.39, 0.29) is 5.78 Å². The van der Waals surface area contributed by atoms with Crippen molar-refractivity contribution >= 4 is 5.78 Å². The number of ketones is 1. The first kappa shape index (κ1) is 11.4. The topological polar surface area (TPSA) is 37.3 Å². The molecule has 0 aliphatic heterocycles. The van der Waals surface area contributed by atoms with Crippen LogP contribution in [0.5, 0.6) is 0 Å². The molecule has 12 heavy (non-hydrogen) atoms. The van der Waals surface area contributed by atoms with E-state index >= 15 is 0 Å². The van der Waals surface area contributed by atoms with Crippen LogP contribution < -0.4 is 0 Å². The molecule has 0 rings (SSSR count). The quantitative estimate of drug-likeness (QED) is 0.643. The Morgan fingerprint density at radius 3 is 2.08 bits per heavy atom. The lowest BCUT2D eigenvalue weighted by molar-refractivity contribution is -0.133. The number of Topliss-reactive ketones (excluding diaryl/α,β-unsaturated/α-hetero) is 1. The van der Waals surface area contributed by atoms with Gasteiger partial charge in [0.1, 0.15) is 6.10 Å². The molecule has 2 heteroatoms. The zero-order valence-electron chi connectivity index (χ0n) is 8.51. The first-order valence-corrected chi connectivity index (χ1v) is 4.16. The van der Waals surface area contributed by atoms with Gasteiger partial charge in [-0.15, -0.1) is 0 Å². The number of aliphatic hydroxyl groups excluding tert-OH is 1. The highest BCUT2D eigenvalue weighted by atomic mass is 16.3. The van der Waals surface area contributed by atoms with Crippen LogP contribution in [0.4, 0.5) is 0 Å². The Bertz CT molecular complexity index is 196. The van der Waals surface area contributed by atoms with Gasteiger partial charge in [0, 0.05) is 5.41 Å². The fraction of sp³-hybridized carbons (Fsp3) is 0.700. The Kier molecular flexibility index (Phi) is 3.65. The fourth-order valence-corrected chi connectivity index (χ4v) is 0.775. The van der Waals surface area contributed by atoms with Crippen molar-refractivity contribution < 1.29 is 9.90 Å². The van der Waals surface area contributed by atoms with Crippen molar-refractivity contribution in [2.75, 3.05) is 0 Å². The molecule has 0 aromatic rings. The van der Waals surface area contributed by atoms with Crippen LogP contribution in [0, 0.1) is 5.41 Å². The highest BCUT2D eigenvalue weighted by Gasteiger charge is 2.28. The molecule has 0 fully saturated rings. The van der Waals surface area contributed by atoms with E-state index in [0.717, 1.165) is 5.57 Å². The third-order valence-corrected chi connectivity index (χ3v) is 1.87. The van der Waals surface area contributed by atoms with Crippen LogP contribution in [0.3, 0.4) is 0 Å². The van der Waals surface area contributed by atoms with Crippen molar-refractivity contribution in [3.63, 3.8) is 0 Å². The van der Waals surface area contributed by atoms with Crippen LogP contribution in [0.1, 0.15) is 34.6 Å². The minimum absolute atomic E-state index is 0.127. The molecular formula is C10H18O2. The summed E-state index contributed by atoms with van der Waals surface area (Å²) in [6, 6.07) is 0. The van der Waals surface area contributed by atoms with Crippen molar-refractivity contribution in [3.05, 3.63) is 11.6 Å². The van der Waals surface area contributed by atoms with Gasteiger partial charge in [-0.25, -0.2) is 0 Å². The number of carbonyl (C=O) groups excluding carboxylic acids is 1. The summed E-state index contributed by atoms with van der Waals surface area (Å²) < 4.78 is 0. The average molecular weight is 170 g/mol. The molecule has 0 aliphatic carbocycles. The van der Waals surface area contributed by atoms with E-state index in [2.05, 4.69) is 0 Å². The zero-order valence-corrected chi connectivity index (χ0v) is 8.51. The minimum atomic E-state index is -0.935. The zero-order chi connectivity index (χ0) is 9.94. The van der Waals surface area contributed by atoms with E-state index in [1.807, 2.05) is 27.7 Å². The second kappa shape index (κ2) is 3.85. The Morgan fingerprint density at radius 2 is 1.83 bits per heavy atom. The van der Waals surface area contributed by atoms with E-state index in [0.29, 0.717) is 0 Å². The van der Waals surface area contributed by atoms with Gasteiger partial charge in [-0.3, -0.25) is 4.79 Å².